The molecule has 3 heteroatoms. The lowest BCUT2D eigenvalue weighted by Gasteiger charge is -2.00. The van der Waals surface area contributed by atoms with Crippen LogP contribution in [-0.4, -0.2) is 5.91 Å². The largest absolute Gasteiger partial charge is 0.398 e. The number of nitrogen functional groups attached to an aromatic ring is 1. The summed E-state index contributed by atoms with van der Waals surface area (Å²) in [6, 6.07) is 5.16. The zero-order chi connectivity index (χ0) is 8.43. The monoisotopic (exact) mass is 150 g/mol. The molecule has 0 aliphatic carbocycles. The highest BCUT2D eigenvalue weighted by Gasteiger charge is 2.03. The molecular formula is C8H10N2O. The summed E-state index contributed by atoms with van der Waals surface area (Å²) in [6.45, 7) is 1.90. The zero-order valence-corrected chi connectivity index (χ0v) is 6.29. The number of carbonyl (C=O) groups excluding carboxylic acids is 1. The number of nitrogens with two attached hydrogens (primary N) is 2. The molecule has 0 bridgehead atoms. The van der Waals surface area contributed by atoms with Crippen LogP contribution in [0.5, 0.6) is 0 Å². The maximum absolute atomic E-state index is 10.7. The van der Waals surface area contributed by atoms with Crippen LogP contribution in [0.3, 0.4) is 0 Å². The minimum absolute atomic E-state index is 0.385. The summed E-state index contributed by atoms with van der Waals surface area (Å²) < 4.78 is 0. The Labute approximate surface area is 65.0 Å². The number of rotatable bonds is 1. The molecule has 11 heavy (non-hydrogen) atoms. The molecule has 0 spiro atoms. The topological polar surface area (TPSA) is 69.1 Å². The predicted molar refractivity (Wildman–Crippen MR) is 44.1 cm³/mol. The second-order valence-electron chi connectivity index (χ2n) is 2.45. The fraction of sp³-hybridized carbons (Fsp3) is 0.125. The summed E-state index contributed by atoms with van der Waals surface area (Å²) >= 11 is 0. The Morgan fingerprint density at radius 2 is 2.09 bits per heavy atom. The van der Waals surface area contributed by atoms with E-state index >= 15 is 0 Å². The van der Waals surface area contributed by atoms with Crippen LogP contribution in [0.2, 0.25) is 0 Å². The van der Waals surface area contributed by atoms with Crippen molar-refractivity contribution in [1.29, 1.82) is 0 Å². The van der Waals surface area contributed by atoms with E-state index in [0.29, 0.717) is 11.3 Å². The third kappa shape index (κ3) is 1.49. The molecule has 0 fully saturated rings. The van der Waals surface area contributed by atoms with Crippen LogP contribution in [0, 0.1) is 6.92 Å². The zero-order valence-electron chi connectivity index (χ0n) is 6.29. The Hall–Kier alpha value is -1.51. The Morgan fingerprint density at radius 3 is 2.55 bits per heavy atom. The van der Waals surface area contributed by atoms with Gasteiger partial charge in [-0.3, -0.25) is 4.79 Å². The second kappa shape index (κ2) is 2.62. The molecule has 1 aromatic rings. The van der Waals surface area contributed by atoms with Crippen LogP contribution < -0.4 is 11.5 Å². The first-order chi connectivity index (χ1) is 5.11. The third-order valence-corrected chi connectivity index (χ3v) is 1.47. The normalized spacial score (nSPS) is 9.55. The highest BCUT2D eigenvalue weighted by atomic mass is 16.1. The minimum Gasteiger partial charge on any atom is -0.398 e. The molecular weight excluding hydrogens is 140 g/mol. The summed E-state index contributed by atoms with van der Waals surface area (Å²) in [5.41, 5.74) is 12.4. The lowest BCUT2D eigenvalue weighted by atomic mass is 10.1. The van der Waals surface area contributed by atoms with Crippen molar-refractivity contribution in [3.8, 4) is 0 Å². The fourth-order valence-electron chi connectivity index (χ4n) is 0.907. The number of hydrogen-bond acceptors (Lipinski definition) is 2. The lowest BCUT2D eigenvalue weighted by Crippen LogP contribution is -2.13. The van der Waals surface area contributed by atoms with Gasteiger partial charge >= 0.3 is 0 Å². The molecule has 3 nitrogen and oxygen atoms in total. The molecule has 4 N–H and O–H groups in total. The van der Waals surface area contributed by atoms with E-state index in [4.69, 9.17) is 11.5 Å². The van der Waals surface area contributed by atoms with Gasteiger partial charge in [-0.1, -0.05) is 6.07 Å². The number of hydrogen-bond donors (Lipinski definition) is 2. The molecule has 0 radical (unpaired) electrons. The second-order valence-corrected chi connectivity index (χ2v) is 2.45. The number of aryl methyl sites for hydroxylation is 1. The highest BCUT2D eigenvalue weighted by Crippen LogP contribution is 2.12. The average Bonchev–Trinajstić information content (AvgIpc) is 1.85. The van der Waals surface area contributed by atoms with Gasteiger partial charge in [0.1, 0.15) is 0 Å². The predicted octanol–water partition coefficient (Wildman–Crippen LogP) is 0.676. The summed E-state index contributed by atoms with van der Waals surface area (Å²) in [6.07, 6.45) is 0. The minimum atomic E-state index is -0.484. The third-order valence-electron chi connectivity index (χ3n) is 1.47. The first-order valence-corrected chi connectivity index (χ1v) is 3.27. The lowest BCUT2D eigenvalue weighted by molar-refractivity contribution is 0.100. The van der Waals surface area contributed by atoms with Crippen molar-refractivity contribution < 1.29 is 4.79 Å². The molecule has 0 aromatic heterocycles. The highest BCUT2D eigenvalue weighted by molar-refractivity contribution is 5.97. The first kappa shape index (κ1) is 7.60. The molecule has 0 saturated carbocycles. The van der Waals surface area contributed by atoms with Crippen LogP contribution in [-0.2, 0) is 0 Å². The van der Waals surface area contributed by atoms with Crippen LogP contribution in [0.4, 0.5) is 5.69 Å². The molecule has 58 valence electrons. The summed E-state index contributed by atoms with van der Waals surface area (Å²) in [4.78, 5) is 10.7. The van der Waals surface area contributed by atoms with E-state index in [1.807, 2.05) is 6.92 Å². The molecule has 0 atom stereocenters. The number of benzene rings is 1. The quantitative estimate of drug-likeness (QED) is 0.578. The van der Waals surface area contributed by atoms with Gasteiger partial charge in [0.2, 0.25) is 0 Å². The van der Waals surface area contributed by atoms with E-state index < -0.39 is 5.91 Å². The first-order valence-electron chi connectivity index (χ1n) is 3.27. The van der Waals surface area contributed by atoms with Gasteiger partial charge < -0.3 is 11.5 Å². The van der Waals surface area contributed by atoms with Gasteiger partial charge in [-0.15, -0.1) is 0 Å². The van der Waals surface area contributed by atoms with Crippen LogP contribution >= 0.6 is 0 Å². The molecule has 0 aliphatic rings. The van der Waals surface area contributed by atoms with Crippen molar-refractivity contribution in [3.05, 3.63) is 29.3 Å². The summed E-state index contributed by atoms with van der Waals surface area (Å²) in [7, 11) is 0. The van der Waals surface area contributed by atoms with E-state index in [9.17, 15) is 4.79 Å². The van der Waals surface area contributed by atoms with Crippen LogP contribution in [0.15, 0.2) is 18.2 Å². The van der Waals surface area contributed by atoms with Crippen molar-refractivity contribution in [2.75, 3.05) is 5.73 Å². The van der Waals surface area contributed by atoms with Crippen LogP contribution in [0.25, 0.3) is 0 Å². The van der Waals surface area contributed by atoms with Gasteiger partial charge in [0, 0.05) is 5.69 Å². The molecule has 1 aromatic carbocycles. The Balaban J connectivity index is 3.20. The van der Waals surface area contributed by atoms with Gasteiger partial charge in [0.25, 0.3) is 5.91 Å². The van der Waals surface area contributed by atoms with Crippen molar-refractivity contribution >= 4 is 11.6 Å². The standard InChI is InChI=1S/C8H10N2O/c1-5-2-3-6(8(10)11)7(9)4-5/h2-4H,9H2,1H3,(H2,10,11). The van der Waals surface area contributed by atoms with Crippen molar-refractivity contribution in [1.82, 2.24) is 0 Å². The Bertz CT molecular complexity index is 294. The maximum atomic E-state index is 10.7. The van der Waals surface area contributed by atoms with E-state index in [1.165, 1.54) is 0 Å². The smallest absolute Gasteiger partial charge is 0.250 e. The van der Waals surface area contributed by atoms with Gasteiger partial charge in [0.05, 0.1) is 5.56 Å². The van der Waals surface area contributed by atoms with E-state index in [1.54, 1.807) is 18.2 Å². The molecule has 0 saturated heterocycles. The fourth-order valence-corrected chi connectivity index (χ4v) is 0.907. The summed E-state index contributed by atoms with van der Waals surface area (Å²) in [5, 5.41) is 0. The Morgan fingerprint density at radius 1 is 1.45 bits per heavy atom. The SMILES string of the molecule is Cc1ccc(C(N)=O)c(N)c1. The number of amides is 1. The summed E-state index contributed by atoms with van der Waals surface area (Å²) in [5.74, 6) is -0.484. The van der Waals surface area contributed by atoms with Gasteiger partial charge in [-0.25, -0.2) is 0 Å². The van der Waals surface area contributed by atoms with E-state index in [2.05, 4.69) is 0 Å². The van der Waals surface area contributed by atoms with E-state index in [-0.39, 0.29) is 0 Å². The maximum Gasteiger partial charge on any atom is 0.250 e. The van der Waals surface area contributed by atoms with Gasteiger partial charge in [0.15, 0.2) is 0 Å². The van der Waals surface area contributed by atoms with Crippen molar-refractivity contribution in [3.63, 3.8) is 0 Å². The van der Waals surface area contributed by atoms with Crippen LogP contribution in [0.1, 0.15) is 15.9 Å². The molecule has 0 unspecified atom stereocenters. The Kier molecular flexibility index (Phi) is 1.81. The number of primary amides is 1. The number of carbonyl (C=O) groups is 1. The average molecular weight is 150 g/mol. The van der Waals surface area contributed by atoms with E-state index in [0.717, 1.165) is 5.56 Å². The van der Waals surface area contributed by atoms with Gasteiger partial charge in [-0.2, -0.15) is 0 Å². The van der Waals surface area contributed by atoms with Crippen molar-refractivity contribution in [2.24, 2.45) is 5.73 Å². The number of anilines is 1. The van der Waals surface area contributed by atoms with Gasteiger partial charge in [-0.05, 0) is 24.6 Å². The van der Waals surface area contributed by atoms with Crippen molar-refractivity contribution in [2.45, 2.75) is 6.92 Å². The molecule has 0 heterocycles. The molecule has 1 amide bonds. The molecule has 0 aliphatic heterocycles. The molecule has 1 rings (SSSR count).